The number of rotatable bonds is 5. The van der Waals surface area contributed by atoms with E-state index in [9.17, 15) is 23.3 Å². The van der Waals surface area contributed by atoms with Gasteiger partial charge >= 0.3 is 0 Å². The molecule has 4 nitrogen and oxygen atoms in total. The second-order valence-corrected chi connectivity index (χ2v) is 4.31. The highest BCUT2D eigenvalue weighted by Gasteiger charge is 2.14. The molecule has 7 heteroatoms. The summed E-state index contributed by atoms with van der Waals surface area (Å²) in [5, 5.41) is 13.6. The van der Waals surface area contributed by atoms with Gasteiger partial charge in [-0.05, 0) is 11.6 Å². The SMILES string of the molecule is O=[N+]([O-])c1ccc(F)cc1NCc1ccc(C(F)F)cc1. The maximum atomic E-state index is 13.1. The molecule has 0 aliphatic rings. The van der Waals surface area contributed by atoms with E-state index in [1.54, 1.807) is 0 Å². The fraction of sp³-hybridized carbons (Fsp3) is 0.143. The maximum Gasteiger partial charge on any atom is 0.292 e. The fourth-order valence-corrected chi connectivity index (χ4v) is 1.79. The van der Waals surface area contributed by atoms with E-state index >= 15 is 0 Å². The summed E-state index contributed by atoms with van der Waals surface area (Å²) in [5.74, 6) is -0.601. The molecule has 110 valence electrons. The Morgan fingerprint density at radius 3 is 2.38 bits per heavy atom. The molecule has 0 atom stereocenters. The van der Waals surface area contributed by atoms with Crippen molar-refractivity contribution in [1.29, 1.82) is 0 Å². The van der Waals surface area contributed by atoms with Crippen molar-refractivity contribution in [2.75, 3.05) is 5.32 Å². The van der Waals surface area contributed by atoms with E-state index in [4.69, 9.17) is 0 Å². The van der Waals surface area contributed by atoms with Crippen LogP contribution in [0.25, 0.3) is 0 Å². The van der Waals surface area contributed by atoms with Crippen molar-refractivity contribution >= 4 is 11.4 Å². The number of hydrogen-bond donors (Lipinski definition) is 1. The Bertz CT molecular complexity index is 645. The molecule has 0 aliphatic heterocycles. The van der Waals surface area contributed by atoms with Crippen LogP contribution in [0, 0.1) is 15.9 Å². The van der Waals surface area contributed by atoms with Gasteiger partial charge in [-0.1, -0.05) is 24.3 Å². The molecule has 1 N–H and O–H groups in total. The largest absolute Gasteiger partial charge is 0.375 e. The van der Waals surface area contributed by atoms with Crippen molar-refractivity contribution in [1.82, 2.24) is 0 Å². The lowest BCUT2D eigenvalue weighted by Gasteiger charge is -2.08. The smallest absolute Gasteiger partial charge is 0.292 e. The van der Waals surface area contributed by atoms with Crippen molar-refractivity contribution in [2.24, 2.45) is 0 Å². The minimum atomic E-state index is -2.55. The summed E-state index contributed by atoms with van der Waals surface area (Å²) in [6.07, 6.45) is -2.55. The number of anilines is 1. The van der Waals surface area contributed by atoms with E-state index in [0.717, 1.165) is 18.2 Å². The van der Waals surface area contributed by atoms with Crippen LogP contribution in [-0.2, 0) is 6.54 Å². The van der Waals surface area contributed by atoms with Gasteiger partial charge in [0.2, 0.25) is 0 Å². The molecule has 0 aliphatic carbocycles. The number of halogens is 3. The van der Waals surface area contributed by atoms with E-state index in [1.807, 2.05) is 0 Å². The van der Waals surface area contributed by atoms with Crippen LogP contribution in [-0.4, -0.2) is 4.92 Å². The Kier molecular flexibility index (Phi) is 4.42. The lowest BCUT2D eigenvalue weighted by molar-refractivity contribution is -0.384. The topological polar surface area (TPSA) is 55.2 Å². The van der Waals surface area contributed by atoms with Crippen LogP contribution in [0.4, 0.5) is 24.5 Å². The van der Waals surface area contributed by atoms with Crippen LogP contribution < -0.4 is 5.32 Å². The van der Waals surface area contributed by atoms with Gasteiger partial charge in [0.25, 0.3) is 12.1 Å². The lowest BCUT2D eigenvalue weighted by Crippen LogP contribution is -2.03. The zero-order chi connectivity index (χ0) is 15.4. The Morgan fingerprint density at radius 1 is 1.14 bits per heavy atom. The zero-order valence-electron chi connectivity index (χ0n) is 10.7. The Labute approximate surface area is 118 Å². The van der Waals surface area contributed by atoms with Crippen LogP contribution in [0.5, 0.6) is 0 Å². The van der Waals surface area contributed by atoms with E-state index < -0.39 is 17.2 Å². The minimum Gasteiger partial charge on any atom is -0.375 e. The molecule has 0 spiro atoms. The highest BCUT2D eigenvalue weighted by atomic mass is 19.3. The molecule has 0 bridgehead atoms. The second-order valence-electron chi connectivity index (χ2n) is 4.31. The number of benzene rings is 2. The number of alkyl halides is 2. The molecule has 0 heterocycles. The first-order chi connectivity index (χ1) is 9.97. The highest BCUT2D eigenvalue weighted by Crippen LogP contribution is 2.26. The summed E-state index contributed by atoms with van der Waals surface area (Å²) in [6.45, 7) is 0.161. The average Bonchev–Trinajstić information content (AvgIpc) is 2.45. The van der Waals surface area contributed by atoms with Crippen LogP contribution >= 0.6 is 0 Å². The fourth-order valence-electron chi connectivity index (χ4n) is 1.79. The van der Waals surface area contributed by atoms with Gasteiger partial charge in [-0.2, -0.15) is 0 Å². The summed E-state index contributed by atoms with van der Waals surface area (Å²) < 4.78 is 37.9. The molecule has 0 radical (unpaired) electrons. The third kappa shape index (κ3) is 3.71. The number of nitro benzene ring substituents is 1. The highest BCUT2D eigenvalue weighted by molar-refractivity contribution is 5.61. The Morgan fingerprint density at radius 2 is 1.81 bits per heavy atom. The predicted molar refractivity (Wildman–Crippen MR) is 71.8 cm³/mol. The maximum absolute atomic E-state index is 13.1. The van der Waals surface area contributed by atoms with Crippen LogP contribution in [0.2, 0.25) is 0 Å². The average molecular weight is 296 g/mol. The van der Waals surface area contributed by atoms with Crippen LogP contribution in [0.1, 0.15) is 17.6 Å². The molecule has 0 amide bonds. The van der Waals surface area contributed by atoms with Crippen molar-refractivity contribution in [3.05, 3.63) is 69.5 Å². The molecule has 2 aromatic carbocycles. The van der Waals surface area contributed by atoms with Crippen molar-refractivity contribution in [2.45, 2.75) is 13.0 Å². The van der Waals surface area contributed by atoms with Crippen molar-refractivity contribution < 1.29 is 18.1 Å². The number of nitrogens with one attached hydrogen (secondary N) is 1. The first-order valence-corrected chi connectivity index (χ1v) is 6.02. The van der Waals surface area contributed by atoms with E-state index in [2.05, 4.69) is 5.32 Å². The summed E-state index contributed by atoms with van der Waals surface area (Å²) in [5.41, 5.74) is 0.340. The van der Waals surface area contributed by atoms with Gasteiger partial charge in [0, 0.05) is 24.2 Å². The molecule has 0 aromatic heterocycles. The summed E-state index contributed by atoms with van der Waals surface area (Å²) in [7, 11) is 0. The first-order valence-electron chi connectivity index (χ1n) is 6.02. The van der Waals surface area contributed by atoms with Crippen LogP contribution in [0.3, 0.4) is 0 Å². The molecular formula is C14H11F3N2O2. The first kappa shape index (κ1) is 14.8. The normalized spacial score (nSPS) is 10.7. The van der Waals surface area contributed by atoms with Gasteiger partial charge in [-0.3, -0.25) is 10.1 Å². The van der Waals surface area contributed by atoms with E-state index in [-0.39, 0.29) is 23.5 Å². The van der Waals surface area contributed by atoms with Gasteiger partial charge in [-0.25, -0.2) is 13.2 Å². The predicted octanol–water partition coefficient (Wildman–Crippen LogP) is 4.28. The van der Waals surface area contributed by atoms with Gasteiger partial charge < -0.3 is 5.32 Å². The van der Waals surface area contributed by atoms with Crippen LogP contribution in [0.15, 0.2) is 42.5 Å². The Balaban J connectivity index is 2.12. The van der Waals surface area contributed by atoms with Gasteiger partial charge in [0.1, 0.15) is 11.5 Å². The monoisotopic (exact) mass is 296 g/mol. The second kappa shape index (κ2) is 6.25. The molecular weight excluding hydrogens is 285 g/mol. The molecule has 2 rings (SSSR count). The van der Waals surface area contributed by atoms with E-state index in [0.29, 0.717) is 5.56 Å². The van der Waals surface area contributed by atoms with Crippen molar-refractivity contribution in [3.63, 3.8) is 0 Å². The zero-order valence-corrected chi connectivity index (χ0v) is 10.7. The van der Waals surface area contributed by atoms with E-state index in [1.165, 1.54) is 24.3 Å². The summed E-state index contributed by atoms with van der Waals surface area (Å²) >= 11 is 0. The number of nitro groups is 1. The standard InChI is InChI=1S/C14H11F3N2O2/c15-11-5-6-13(19(20)21)12(7-11)18-8-9-1-3-10(4-2-9)14(16)17/h1-7,14,18H,8H2. The van der Waals surface area contributed by atoms with Gasteiger partial charge in [0.05, 0.1) is 4.92 Å². The van der Waals surface area contributed by atoms with Gasteiger partial charge in [0.15, 0.2) is 0 Å². The van der Waals surface area contributed by atoms with Crippen molar-refractivity contribution in [3.8, 4) is 0 Å². The molecule has 0 saturated heterocycles. The minimum absolute atomic E-state index is 0.0398. The quantitative estimate of drug-likeness (QED) is 0.661. The van der Waals surface area contributed by atoms with Gasteiger partial charge in [-0.15, -0.1) is 0 Å². The summed E-state index contributed by atoms with van der Waals surface area (Å²) in [4.78, 5) is 10.2. The molecule has 0 saturated carbocycles. The summed E-state index contributed by atoms with van der Waals surface area (Å²) in [6, 6.07) is 8.62. The number of hydrogen-bond acceptors (Lipinski definition) is 3. The lowest BCUT2D eigenvalue weighted by atomic mass is 10.1. The molecule has 2 aromatic rings. The third-order valence-electron chi connectivity index (χ3n) is 2.87. The molecule has 0 unspecified atom stereocenters. The number of nitrogens with zero attached hydrogens (tertiary/aromatic N) is 1. The third-order valence-corrected chi connectivity index (χ3v) is 2.87. The molecule has 0 fully saturated rings. The molecule has 21 heavy (non-hydrogen) atoms. The Hall–Kier alpha value is -2.57.